The van der Waals surface area contributed by atoms with Crippen molar-refractivity contribution in [2.24, 2.45) is 0 Å². The van der Waals surface area contributed by atoms with Gasteiger partial charge < -0.3 is 9.30 Å². The highest BCUT2D eigenvalue weighted by Gasteiger charge is 1.94. The minimum absolute atomic E-state index is 0.326. The molecule has 0 atom stereocenters. The van der Waals surface area contributed by atoms with Crippen molar-refractivity contribution in [3.63, 3.8) is 0 Å². The topological polar surface area (TPSA) is 44.1 Å². The van der Waals surface area contributed by atoms with Crippen LogP contribution in [0.25, 0.3) is 11.8 Å². The second-order valence-electron chi connectivity index (χ2n) is 4.03. The average molecular weight is 268 g/mol. The van der Waals surface area contributed by atoms with Crippen molar-refractivity contribution >= 4 is 12.0 Å². The molecule has 1 aromatic heterocycles. The van der Waals surface area contributed by atoms with Gasteiger partial charge in [-0.2, -0.15) is 0 Å². The fraction of sp³-hybridized carbons (Fsp3) is 0.125. The summed E-state index contributed by atoms with van der Waals surface area (Å²) in [4.78, 5) is 15.1. The van der Waals surface area contributed by atoms with E-state index in [4.69, 9.17) is 4.74 Å². The smallest absolute Gasteiger partial charge is 0.330 e. The third-order valence-electron chi connectivity index (χ3n) is 2.61. The third kappa shape index (κ3) is 3.95. The van der Waals surface area contributed by atoms with Gasteiger partial charge in [-0.25, -0.2) is 9.78 Å². The molecule has 20 heavy (non-hydrogen) atoms. The van der Waals surface area contributed by atoms with Crippen molar-refractivity contribution in [1.82, 2.24) is 9.55 Å². The summed E-state index contributed by atoms with van der Waals surface area (Å²) in [5.41, 5.74) is 2.11. The van der Waals surface area contributed by atoms with E-state index >= 15 is 0 Å². The predicted molar refractivity (Wildman–Crippen MR) is 78.4 cm³/mol. The third-order valence-corrected chi connectivity index (χ3v) is 2.61. The normalized spacial score (nSPS) is 11.2. The second kappa shape index (κ2) is 7.09. The summed E-state index contributed by atoms with van der Waals surface area (Å²) < 4.78 is 6.72. The van der Waals surface area contributed by atoms with Crippen LogP contribution in [0.4, 0.5) is 0 Å². The van der Waals surface area contributed by atoms with E-state index in [0.717, 1.165) is 11.3 Å². The second-order valence-corrected chi connectivity index (χ2v) is 4.03. The van der Waals surface area contributed by atoms with E-state index in [2.05, 4.69) is 4.98 Å². The van der Waals surface area contributed by atoms with Gasteiger partial charge in [-0.1, -0.05) is 30.4 Å². The van der Waals surface area contributed by atoms with Crippen LogP contribution in [0.15, 0.2) is 61.2 Å². The van der Waals surface area contributed by atoms with Crippen molar-refractivity contribution in [3.8, 4) is 5.69 Å². The van der Waals surface area contributed by atoms with Crippen LogP contribution in [-0.2, 0) is 9.53 Å². The number of nitrogens with zero attached hydrogens (tertiary/aromatic N) is 2. The Labute approximate surface area is 118 Å². The number of benzene rings is 1. The van der Waals surface area contributed by atoms with Gasteiger partial charge in [-0.3, -0.25) is 0 Å². The molecule has 0 spiro atoms. The maximum absolute atomic E-state index is 11.1. The number of aromatic nitrogens is 2. The van der Waals surface area contributed by atoms with Crippen LogP contribution in [0, 0.1) is 0 Å². The van der Waals surface area contributed by atoms with Gasteiger partial charge in [-0.05, 0) is 24.6 Å². The van der Waals surface area contributed by atoms with Crippen LogP contribution in [0.5, 0.6) is 0 Å². The molecule has 0 radical (unpaired) electrons. The summed E-state index contributed by atoms with van der Waals surface area (Å²) in [5.74, 6) is -0.326. The summed E-state index contributed by atoms with van der Waals surface area (Å²) in [5, 5.41) is 0. The van der Waals surface area contributed by atoms with Gasteiger partial charge in [0, 0.05) is 24.2 Å². The van der Waals surface area contributed by atoms with Crippen molar-refractivity contribution in [2.75, 3.05) is 6.61 Å². The highest BCUT2D eigenvalue weighted by molar-refractivity contribution is 5.82. The van der Waals surface area contributed by atoms with E-state index in [0.29, 0.717) is 6.61 Å². The van der Waals surface area contributed by atoms with Gasteiger partial charge in [0.05, 0.1) is 12.9 Å². The van der Waals surface area contributed by atoms with Gasteiger partial charge in [0.1, 0.15) is 0 Å². The van der Waals surface area contributed by atoms with Gasteiger partial charge >= 0.3 is 5.97 Å². The molecular weight excluding hydrogens is 252 g/mol. The molecule has 0 bridgehead atoms. The van der Waals surface area contributed by atoms with Crippen LogP contribution >= 0.6 is 0 Å². The lowest BCUT2D eigenvalue weighted by Gasteiger charge is -2.01. The molecule has 1 aromatic carbocycles. The Morgan fingerprint density at radius 2 is 2.10 bits per heavy atom. The summed E-state index contributed by atoms with van der Waals surface area (Å²) in [6.07, 6.45) is 12.2. The Kier molecular flexibility index (Phi) is 4.89. The SMILES string of the molecule is CCOC(=O)/C=C/C=C/c1ccc(-n2ccnc2)cc1. The lowest BCUT2D eigenvalue weighted by molar-refractivity contribution is -0.137. The largest absolute Gasteiger partial charge is 0.463 e. The van der Waals surface area contributed by atoms with Crippen LogP contribution < -0.4 is 0 Å². The Morgan fingerprint density at radius 1 is 1.30 bits per heavy atom. The van der Waals surface area contributed by atoms with E-state index in [1.54, 1.807) is 25.5 Å². The molecule has 0 unspecified atom stereocenters. The quantitative estimate of drug-likeness (QED) is 0.475. The van der Waals surface area contributed by atoms with Gasteiger partial charge in [0.15, 0.2) is 0 Å². The molecule has 0 N–H and O–H groups in total. The molecule has 0 saturated heterocycles. The Hall–Kier alpha value is -2.62. The summed E-state index contributed by atoms with van der Waals surface area (Å²) in [6.45, 7) is 2.17. The van der Waals surface area contributed by atoms with E-state index < -0.39 is 0 Å². The Bertz CT molecular complexity index is 596. The zero-order valence-corrected chi connectivity index (χ0v) is 11.3. The van der Waals surface area contributed by atoms with Crippen LogP contribution in [-0.4, -0.2) is 22.1 Å². The zero-order valence-electron chi connectivity index (χ0n) is 11.3. The average Bonchev–Trinajstić information content (AvgIpc) is 2.99. The lowest BCUT2D eigenvalue weighted by atomic mass is 10.2. The van der Waals surface area contributed by atoms with Gasteiger partial charge in [0.2, 0.25) is 0 Å². The molecule has 2 aromatic rings. The zero-order chi connectivity index (χ0) is 14.2. The van der Waals surface area contributed by atoms with Crippen molar-refractivity contribution in [2.45, 2.75) is 6.92 Å². The number of esters is 1. The number of carbonyl (C=O) groups is 1. The molecule has 2 rings (SSSR count). The van der Waals surface area contributed by atoms with Crippen LogP contribution in [0.1, 0.15) is 12.5 Å². The van der Waals surface area contributed by atoms with Crippen molar-refractivity contribution in [1.29, 1.82) is 0 Å². The number of hydrogen-bond donors (Lipinski definition) is 0. The number of rotatable bonds is 5. The molecule has 1 heterocycles. The molecule has 0 fully saturated rings. The molecule has 4 nitrogen and oxygen atoms in total. The van der Waals surface area contributed by atoms with E-state index in [1.165, 1.54) is 6.08 Å². The first-order valence-electron chi connectivity index (χ1n) is 6.39. The fourth-order valence-corrected chi connectivity index (χ4v) is 1.66. The van der Waals surface area contributed by atoms with Crippen molar-refractivity contribution in [3.05, 3.63) is 66.8 Å². The standard InChI is InChI=1S/C16H16N2O2/c1-2-20-16(19)6-4-3-5-14-7-9-15(10-8-14)18-12-11-17-13-18/h3-13H,2H2,1H3/b5-3+,6-4+. The van der Waals surface area contributed by atoms with Crippen LogP contribution in [0.2, 0.25) is 0 Å². The molecule has 4 heteroatoms. The molecule has 0 saturated carbocycles. The highest BCUT2D eigenvalue weighted by Crippen LogP contribution is 2.10. The van der Waals surface area contributed by atoms with E-state index in [1.807, 2.05) is 47.2 Å². The minimum atomic E-state index is -0.326. The lowest BCUT2D eigenvalue weighted by Crippen LogP contribution is -1.98. The molecule has 102 valence electrons. The minimum Gasteiger partial charge on any atom is -0.463 e. The summed E-state index contributed by atoms with van der Waals surface area (Å²) in [6, 6.07) is 8.03. The number of allylic oxidation sites excluding steroid dienone is 2. The fourth-order valence-electron chi connectivity index (χ4n) is 1.66. The van der Waals surface area contributed by atoms with Crippen molar-refractivity contribution < 1.29 is 9.53 Å². The summed E-state index contributed by atoms with van der Waals surface area (Å²) in [7, 11) is 0. The number of ether oxygens (including phenoxy) is 1. The first-order valence-corrected chi connectivity index (χ1v) is 6.39. The predicted octanol–water partition coefficient (Wildman–Crippen LogP) is 3.00. The molecular formula is C16H16N2O2. The van der Waals surface area contributed by atoms with Gasteiger partial charge in [0.25, 0.3) is 0 Å². The number of imidazole rings is 1. The molecule has 0 aliphatic carbocycles. The van der Waals surface area contributed by atoms with Crippen LogP contribution in [0.3, 0.4) is 0 Å². The maximum atomic E-state index is 11.1. The number of hydrogen-bond acceptors (Lipinski definition) is 3. The summed E-state index contributed by atoms with van der Waals surface area (Å²) >= 11 is 0. The maximum Gasteiger partial charge on any atom is 0.330 e. The van der Waals surface area contributed by atoms with E-state index in [-0.39, 0.29) is 5.97 Å². The first kappa shape index (κ1) is 13.8. The Balaban J connectivity index is 1.95. The molecule has 0 aliphatic rings. The molecule has 0 aliphatic heterocycles. The van der Waals surface area contributed by atoms with Gasteiger partial charge in [-0.15, -0.1) is 0 Å². The highest BCUT2D eigenvalue weighted by atomic mass is 16.5. The Morgan fingerprint density at radius 3 is 2.75 bits per heavy atom. The monoisotopic (exact) mass is 268 g/mol. The number of carbonyl (C=O) groups excluding carboxylic acids is 1. The first-order chi connectivity index (χ1) is 9.79. The molecule has 0 amide bonds. The van der Waals surface area contributed by atoms with E-state index in [9.17, 15) is 4.79 Å².